The largest absolute Gasteiger partial charge is 0.396 e. The maximum Gasteiger partial charge on any atom is 0.251 e. The van der Waals surface area contributed by atoms with Crippen LogP contribution in [-0.4, -0.2) is 23.2 Å². The van der Waals surface area contributed by atoms with Gasteiger partial charge in [-0.25, -0.2) is 4.39 Å². The van der Waals surface area contributed by atoms with Gasteiger partial charge in [0.2, 0.25) is 0 Å². The number of aliphatic hydroxyl groups excluding tert-OH is 1. The number of carbonyl (C=O) groups is 1. The maximum atomic E-state index is 13.3. The number of rotatable bonds is 5. The molecule has 0 heterocycles. The molecule has 18 heavy (non-hydrogen) atoms. The lowest BCUT2D eigenvalue weighted by atomic mass is 9.94. The Labute approximate surface area is 115 Å². The standard InChI is InChI=1S/C13H17BrFNO2/c1-3-13(2,6-7-17)16-12(18)9-4-5-10(14)11(15)8-9/h4-5,8,17H,3,6-7H2,1-2H3,(H,16,18). The van der Waals surface area contributed by atoms with Crippen molar-refractivity contribution in [2.24, 2.45) is 0 Å². The van der Waals surface area contributed by atoms with Crippen molar-refractivity contribution in [3.05, 3.63) is 34.1 Å². The van der Waals surface area contributed by atoms with Gasteiger partial charge in [-0.15, -0.1) is 0 Å². The number of carbonyl (C=O) groups excluding carboxylic acids is 1. The van der Waals surface area contributed by atoms with Gasteiger partial charge in [0.1, 0.15) is 5.82 Å². The van der Waals surface area contributed by atoms with Crippen LogP contribution in [0.5, 0.6) is 0 Å². The van der Waals surface area contributed by atoms with Gasteiger partial charge in [-0.3, -0.25) is 4.79 Å². The van der Waals surface area contributed by atoms with E-state index in [9.17, 15) is 9.18 Å². The van der Waals surface area contributed by atoms with E-state index in [2.05, 4.69) is 21.2 Å². The molecule has 1 amide bonds. The quantitative estimate of drug-likeness (QED) is 0.877. The van der Waals surface area contributed by atoms with Crippen molar-refractivity contribution in [2.45, 2.75) is 32.2 Å². The Morgan fingerprint density at radius 1 is 1.56 bits per heavy atom. The molecule has 0 saturated carbocycles. The summed E-state index contributed by atoms with van der Waals surface area (Å²) in [5.41, 5.74) is -0.205. The van der Waals surface area contributed by atoms with Gasteiger partial charge in [0, 0.05) is 17.7 Å². The molecule has 1 rings (SSSR count). The molecule has 0 bridgehead atoms. The van der Waals surface area contributed by atoms with Crippen molar-refractivity contribution in [1.29, 1.82) is 0 Å². The van der Waals surface area contributed by atoms with Gasteiger partial charge < -0.3 is 10.4 Å². The van der Waals surface area contributed by atoms with Gasteiger partial charge in [-0.1, -0.05) is 6.92 Å². The van der Waals surface area contributed by atoms with Crippen molar-refractivity contribution >= 4 is 21.8 Å². The summed E-state index contributed by atoms with van der Waals surface area (Å²) in [6, 6.07) is 4.24. The first-order valence-corrected chi connectivity index (χ1v) is 6.59. The van der Waals surface area contributed by atoms with Crippen LogP contribution in [0.1, 0.15) is 37.0 Å². The predicted octanol–water partition coefficient (Wildman–Crippen LogP) is 2.87. The van der Waals surface area contributed by atoms with E-state index in [0.717, 1.165) is 0 Å². The molecule has 1 atom stereocenters. The fraction of sp³-hybridized carbons (Fsp3) is 0.462. The molecule has 100 valence electrons. The van der Waals surface area contributed by atoms with Crippen molar-refractivity contribution in [3.8, 4) is 0 Å². The smallest absolute Gasteiger partial charge is 0.251 e. The van der Waals surface area contributed by atoms with Crippen LogP contribution in [0.4, 0.5) is 4.39 Å². The molecule has 2 N–H and O–H groups in total. The monoisotopic (exact) mass is 317 g/mol. The summed E-state index contributed by atoms with van der Waals surface area (Å²) in [6.45, 7) is 3.79. The van der Waals surface area contributed by atoms with Crippen molar-refractivity contribution in [2.75, 3.05) is 6.61 Å². The summed E-state index contributed by atoms with van der Waals surface area (Å²) in [6.07, 6.45) is 1.16. The van der Waals surface area contributed by atoms with Gasteiger partial charge >= 0.3 is 0 Å². The zero-order valence-electron chi connectivity index (χ0n) is 10.5. The third kappa shape index (κ3) is 3.78. The average Bonchev–Trinajstić information content (AvgIpc) is 2.32. The maximum absolute atomic E-state index is 13.3. The molecule has 0 radical (unpaired) electrons. The van der Waals surface area contributed by atoms with Gasteiger partial charge in [-0.05, 0) is 53.9 Å². The molecule has 0 aliphatic carbocycles. The fourth-order valence-corrected chi connectivity index (χ4v) is 1.80. The number of amides is 1. The second kappa shape index (κ2) is 6.29. The van der Waals surface area contributed by atoms with Crippen molar-refractivity contribution in [3.63, 3.8) is 0 Å². The number of aliphatic hydroxyl groups is 1. The van der Waals surface area contributed by atoms with Crippen LogP contribution < -0.4 is 5.32 Å². The van der Waals surface area contributed by atoms with Crippen LogP contribution in [0.2, 0.25) is 0 Å². The van der Waals surface area contributed by atoms with Crippen molar-refractivity contribution in [1.82, 2.24) is 5.32 Å². The van der Waals surface area contributed by atoms with E-state index in [0.29, 0.717) is 17.3 Å². The molecule has 1 unspecified atom stereocenters. The van der Waals surface area contributed by atoms with Crippen LogP contribution >= 0.6 is 15.9 Å². The molecular formula is C13H17BrFNO2. The molecule has 0 spiro atoms. The Hall–Kier alpha value is -0.940. The molecule has 1 aromatic rings. The lowest BCUT2D eigenvalue weighted by Gasteiger charge is -2.29. The van der Waals surface area contributed by atoms with Gasteiger partial charge in [-0.2, -0.15) is 0 Å². The third-order valence-electron chi connectivity index (χ3n) is 3.04. The summed E-state index contributed by atoms with van der Waals surface area (Å²) in [4.78, 5) is 12.0. The molecule has 3 nitrogen and oxygen atoms in total. The third-order valence-corrected chi connectivity index (χ3v) is 3.68. The van der Waals surface area contributed by atoms with Gasteiger partial charge in [0.05, 0.1) is 4.47 Å². The first-order valence-electron chi connectivity index (χ1n) is 5.80. The topological polar surface area (TPSA) is 49.3 Å². The second-order valence-corrected chi connectivity index (χ2v) is 5.33. The molecule has 0 aliphatic heterocycles. The van der Waals surface area contributed by atoms with Crippen LogP contribution in [0, 0.1) is 5.82 Å². The predicted molar refractivity (Wildman–Crippen MR) is 72.0 cm³/mol. The van der Waals surface area contributed by atoms with Gasteiger partial charge in [0.15, 0.2) is 0 Å². The molecule has 1 aromatic carbocycles. The Morgan fingerprint density at radius 3 is 2.72 bits per heavy atom. The highest BCUT2D eigenvalue weighted by atomic mass is 79.9. The average molecular weight is 318 g/mol. The van der Waals surface area contributed by atoms with E-state index in [1.807, 2.05) is 13.8 Å². The Morgan fingerprint density at radius 2 is 2.22 bits per heavy atom. The Kier molecular flexibility index (Phi) is 5.28. The van der Waals surface area contributed by atoms with E-state index < -0.39 is 11.4 Å². The fourth-order valence-electron chi connectivity index (χ4n) is 1.56. The van der Waals surface area contributed by atoms with Crippen LogP contribution in [-0.2, 0) is 0 Å². The highest BCUT2D eigenvalue weighted by molar-refractivity contribution is 9.10. The lowest BCUT2D eigenvalue weighted by molar-refractivity contribution is 0.0885. The second-order valence-electron chi connectivity index (χ2n) is 4.47. The Bertz CT molecular complexity index is 439. The minimum atomic E-state index is -0.477. The van der Waals surface area contributed by atoms with E-state index >= 15 is 0 Å². The zero-order valence-corrected chi connectivity index (χ0v) is 12.1. The summed E-state index contributed by atoms with van der Waals surface area (Å²) >= 11 is 3.04. The van der Waals surface area contributed by atoms with Gasteiger partial charge in [0.25, 0.3) is 5.91 Å². The van der Waals surface area contributed by atoms with E-state index in [-0.39, 0.29) is 18.1 Å². The summed E-state index contributed by atoms with van der Waals surface area (Å²) in [5, 5.41) is 11.8. The summed E-state index contributed by atoms with van der Waals surface area (Å²) < 4.78 is 13.7. The first kappa shape index (κ1) is 15.1. The highest BCUT2D eigenvalue weighted by Gasteiger charge is 2.24. The molecular weight excluding hydrogens is 301 g/mol. The van der Waals surface area contributed by atoms with Crippen LogP contribution in [0.3, 0.4) is 0 Å². The Balaban J connectivity index is 2.84. The number of benzene rings is 1. The van der Waals surface area contributed by atoms with E-state index in [4.69, 9.17) is 5.11 Å². The minimum Gasteiger partial charge on any atom is -0.396 e. The summed E-state index contributed by atoms with van der Waals surface area (Å²) in [7, 11) is 0. The molecule has 0 fully saturated rings. The van der Waals surface area contributed by atoms with E-state index in [1.54, 1.807) is 6.07 Å². The van der Waals surface area contributed by atoms with Crippen molar-refractivity contribution < 1.29 is 14.3 Å². The minimum absolute atomic E-state index is 0.000676. The number of nitrogens with one attached hydrogen (secondary N) is 1. The number of hydrogen-bond donors (Lipinski definition) is 2. The molecule has 0 aliphatic rings. The highest BCUT2D eigenvalue weighted by Crippen LogP contribution is 2.18. The van der Waals surface area contributed by atoms with E-state index in [1.165, 1.54) is 12.1 Å². The first-order chi connectivity index (χ1) is 8.41. The molecule has 0 saturated heterocycles. The number of halogens is 2. The normalized spacial score (nSPS) is 14.1. The number of hydrogen-bond acceptors (Lipinski definition) is 2. The SMILES string of the molecule is CCC(C)(CCO)NC(=O)c1ccc(Br)c(F)c1. The zero-order chi connectivity index (χ0) is 13.8. The van der Waals surface area contributed by atoms with Crippen LogP contribution in [0.25, 0.3) is 0 Å². The lowest BCUT2D eigenvalue weighted by Crippen LogP contribution is -2.46. The van der Waals surface area contributed by atoms with Crippen LogP contribution in [0.15, 0.2) is 22.7 Å². The molecule has 0 aromatic heterocycles. The summed E-state index contributed by atoms with van der Waals surface area (Å²) in [5.74, 6) is -0.804. The molecule has 5 heteroatoms.